The third-order valence-corrected chi connectivity index (χ3v) is 4.23. The van der Waals surface area contributed by atoms with E-state index in [0.29, 0.717) is 0 Å². The topological polar surface area (TPSA) is 81.4 Å². The maximum Gasteiger partial charge on any atom is 0.340 e. The highest BCUT2D eigenvalue weighted by Crippen LogP contribution is 2.33. The molecular formula is C19H13ClF2N2O4. The zero-order valence-corrected chi connectivity index (χ0v) is 15.4. The van der Waals surface area contributed by atoms with Gasteiger partial charge in [-0.3, -0.25) is 4.79 Å². The van der Waals surface area contributed by atoms with Crippen molar-refractivity contribution in [3.8, 4) is 11.3 Å². The number of nitrogens with zero attached hydrogens (tertiary/aromatic N) is 1. The highest BCUT2D eigenvalue weighted by molar-refractivity contribution is 6.33. The highest BCUT2D eigenvalue weighted by atomic mass is 35.5. The van der Waals surface area contributed by atoms with Gasteiger partial charge >= 0.3 is 5.97 Å². The number of hydrogen-bond acceptors (Lipinski definition) is 5. The predicted octanol–water partition coefficient (Wildman–Crippen LogP) is 4.62. The lowest BCUT2D eigenvalue weighted by atomic mass is 10.0. The molecule has 144 valence electrons. The number of anilines is 1. The standard InChI is InChI=1S/C19H13ClF2N2O4/c1-9-15(17(24-28-9)16-12(20)4-3-5-14(16)22)18(25)23-10-6-7-13(21)11(8-10)19(26)27-2/h3-8H,1-2H3,(H,23,25). The first kappa shape index (κ1) is 19.5. The van der Waals surface area contributed by atoms with E-state index < -0.39 is 23.5 Å². The molecule has 0 saturated heterocycles. The number of carbonyl (C=O) groups is 2. The van der Waals surface area contributed by atoms with Gasteiger partial charge in [-0.1, -0.05) is 22.8 Å². The summed E-state index contributed by atoms with van der Waals surface area (Å²) in [5.74, 6) is -2.94. The number of aryl methyl sites for hydroxylation is 1. The molecule has 0 saturated carbocycles. The molecule has 0 radical (unpaired) electrons. The Labute approximate surface area is 163 Å². The van der Waals surface area contributed by atoms with Crippen molar-refractivity contribution in [3.05, 3.63) is 69.9 Å². The largest absolute Gasteiger partial charge is 0.465 e. The minimum absolute atomic E-state index is 0.0454. The molecule has 1 amide bonds. The third kappa shape index (κ3) is 3.59. The monoisotopic (exact) mass is 406 g/mol. The number of aromatic nitrogens is 1. The summed E-state index contributed by atoms with van der Waals surface area (Å²) in [7, 11) is 1.11. The number of amides is 1. The van der Waals surface area contributed by atoms with Crippen LogP contribution < -0.4 is 5.32 Å². The van der Waals surface area contributed by atoms with Crippen molar-refractivity contribution in [3.63, 3.8) is 0 Å². The van der Waals surface area contributed by atoms with Gasteiger partial charge < -0.3 is 14.6 Å². The molecule has 28 heavy (non-hydrogen) atoms. The predicted molar refractivity (Wildman–Crippen MR) is 97.3 cm³/mol. The Kier molecular flexibility index (Phi) is 5.41. The Bertz CT molecular complexity index is 1060. The molecule has 6 nitrogen and oxygen atoms in total. The fraction of sp³-hybridized carbons (Fsp3) is 0.105. The van der Waals surface area contributed by atoms with Crippen LogP contribution in [0.4, 0.5) is 14.5 Å². The number of nitrogens with one attached hydrogen (secondary N) is 1. The number of carbonyl (C=O) groups excluding carboxylic acids is 2. The zero-order chi connectivity index (χ0) is 20.4. The third-order valence-electron chi connectivity index (χ3n) is 3.92. The van der Waals surface area contributed by atoms with Gasteiger partial charge in [-0.15, -0.1) is 0 Å². The quantitative estimate of drug-likeness (QED) is 0.639. The van der Waals surface area contributed by atoms with Gasteiger partial charge in [0, 0.05) is 5.69 Å². The molecule has 1 aromatic heterocycles. The van der Waals surface area contributed by atoms with E-state index in [9.17, 15) is 18.4 Å². The number of methoxy groups -OCH3 is 1. The highest BCUT2D eigenvalue weighted by Gasteiger charge is 2.26. The first-order chi connectivity index (χ1) is 13.3. The minimum atomic E-state index is -0.895. The Hall–Kier alpha value is -3.26. The van der Waals surface area contributed by atoms with Gasteiger partial charge in [-0.2, -0.15) is 0 Å². The molecule has 2 aromatic carbocycles. The zero-order valence-electron chi connectivity index (χ0n) is 14.7. The van der Waals surface area contributed by atoms with Crippen molar-refractivity contribution in [2.24, 2.45) is 0 Å². The van der Waals surface area contributed by atoms with Crippen LogP contribution in [0.5, 0.6) is 0 Å². The number of hydrogen-bond donors (Lipinski definition) is 1. The molecule has 0 atom stereocenters. The van der Waals surface area contributed by atoms with E-state index in [2.05, 4.69) is 15.2 Å². The van der Waals surface area contributed by atoms with E-state index in [-0.39, 0.29) is 38.9 Å². The number of ether oxygens (including phenoxy) is 1. The van der Waals surface area contributed by atoms with E-state index >= 15 is 0 Å². The van der Waals surface area contributed by atoms with E-state index in [0.717, 1.165) is 19.2 Å². The average molecular weight is 407 g/mol. The lowest BCUT2D eigenvalue weighted by Crippen LogP contribution is -2.15. The number of halogens is 3. The van der Waals surface area contributed by atoms with Crippen LogP contribution in [0.1, 0.15) is 26.5 Å². The van der Waals surface area contributed by atoms with Gasteiger partial charge in [0.2, 0.25) is 0 Å². The molecule has 1 N–H and O–H groups in total. The van der Waals surface area contributed by atoms with Gasteiger partial charge in [0.15, 0.2) is 0 Å². The first-order valence-corrected chi connectivity index (χ1v) is 8.31. The van der Waals surface area contributed by atoms with Gasteiger partial charge in [0.1, 0.15) is 28.7 Å². The summed E-state index contributed by atoms with van der Waals surface area (Å²) in [4.78, 5) is 24.4. The lowest BCUT2D eigenvalue weighted by Gasteiger charge is -2.09. The minimum Gasteiger partial charge on any atom is -0.465 e. The molecule has 0 aliphatic carbocycles. The Morgan fingerprint density at radius 2 is 1.93 bits per heavy atom. The molecule has 1 heterocycles. The Morgan fingerprint density at radius 3 is 2.61 bits per heavy atom. The molecule has 0 aliphatic heterocycles. The van der Waals surface area contributed by atoms with Crippen LogP contribution in [0.2, 0.25) is 5.02 Å². The molecule has 0 fully saturated rings. The van der Waals surface area contributed by atoms with Crippen LogP contribution in [-0.2, 0) is 4.74 Å². The van der Waals surface area contributed by atoms with Gasteiger partial charge in [0.25, 0.3) is 5.91 Å². The summed E-state index contributed by atoms with van der Waals surface area (Å²) < 4.78 is 37.6. The van der Waals surface area contributed by atoms with Crippen molar-refractivity contribution in [2.75, 3.05) is 12.4 Å². The smallest absolute Gasteiger partial charge is 0.340 e. The van der Waals surface area contributed by atoms with E-state index in [1.54, 1.807) is 0 Å². The number of benzene rings is 2. The van der Waals surface area contributed by atoms with E-state index in [1.807, 2.05) is 0 Å². The van der Waals surface area contributed by atoms with Gasteiger partial charge in [0.05, 0.1) is 23.3 Å². The summed E-state index contributed by atoms with van der Waals surface area (Å²) >= 11 is 6.05. The Morgan fingerprint density at radius 1 is 1.18 bits per heavy atom. The van der Waals surface area contributed by atoms with Crippen LogP contribution in [0.3, 0.4) is 0 Å². The molecule has 0 spiro atoms. The van der Waals surface area contributed by atoms with Crippen LogP contribution in [-0.4, -0.2) is 24.1 Å². The fourth-order valence-electron chi connectivity index (χ4n) is 2.60. The number of rotatable bonds is 4. The second-order valence-corrected chi connectivity index (χ2v) is 6.11. The molecule has 0 unspecified atom stereocenters. The SMILES string of the molecule is COC(=O)c1cc(NC(=O)c2c(-c3c(F)cccc3Cl)noc2C)ccc1F. The molecule has 0 aliphatic rings. The van der Waals surface area contributed by atoms with Gasteiger partial charge in [-0.05, 0) is 37.3 Å². The van der Waals surface area contributed by atoms with Crippen molar-refractivity contribution >= 4 is 29.2 Å². The maximum absolute atomic E-state index is 14.3. The molecular weight excluding hydrogens is 394 g/mol. The molecule has 3 rings (SSSR count). The van der Waals surface area contributed by atoms with Crippen LogP contribution in [0.15, 0.2) is 40.9 Å². The summed E-state index contributed by atoms with van der Waals surface area (Å²) in [6.07, 6.45) is 0. The van der Waals surface area contributed by atoms with Crippen molar-refractivity contribution in [1.29, 1.82) is 0 Å². The summed E-state index contributed by atoms with van der Waals surface area (Å²) in [6, 6.07) is 7.44. The summed E-state index contributed by atoms with van der Waals surface area (Å²) in [5, 5.41) is 6.30. The van der Waals surface area contributed by atoms with Crippen LogP contribution in [0, 0.1) is 18.6 Å². The van der Waals surface area contributed by atoms with Crippen LogP contribution in [0.25, 0.3) is 11.3 Å². The first-order valence-electron chi connectivity index (χ1n) is 7.93. The lowest BCUT2D eigenvalue weighted by molar-refractivity contribution is 0.0595. The summed E-state index contributed by atoms with van der Waals surface area (Å²) in [5.41, 5.74) is -0.428. The molecule has 0 bridgehead atoms. The average Bonchev–Trinajstić information content (AvgIpc) is 3.03. The Balaban J connectivity index is 1.99. The van der Waals surface area contributed by atoms with E-state index in [4.69, 9.17) is 16.1 Å². The second-order valence-electron chi connectivity index (χ2n) is 5.70. The number of esters is 1. The molecule has 3 aromatic rings. The summed E-state index contributed by atoms with van der Waals surface area (Å²) in [6.45, 7) is 1.48. The molecule has 9 heteroatoms. The maximum atomic E-state index is 14.3. The normalized spacial score (nSPS) is 10.6. The van der Waals surface area contributed by atoms with Gasteiger partial charge in [-0.25, -0.2) is 13.6 Å². The van der Waals surface area contributed by atoms with Crippen molar-refractivity contribution in [2.45, 2.75) is 6.92 Å². The van der Waals surface area contributed by atoms with Crippen molar-refractivity contribution < 1.29 is 27.6 Å². The van der Waals surface area contributed by atoms with Crippen molar-refractivity contribution in [1.82, 2.24) is 5.16 Å². The second kappa shape index (κ2) is 7.77. The van der Waals surface area contributed by atoms with Crippen LogP contribution >= 0.6 is 11.6 Å². The van der Waals surface area contributed by atoms with E-state index in [1.165, 1.54) is 31.2 Å². The fourth-order valence-corrected chi connectivity index (χ4v) is 2.85.